The third kappa shape index (κ3) is 2.21. The average Bonchev–Trinajstić information content (AvgIpc) is 2.75. The lowest BCUT2D eigenvalue weighted by Crippen LogP contribution is -2.52. The van der Waals surface area contributed by atoms with E-state index in [4.69, 9.17) is 4.42 Å². The number of aliphatic hydroxyl groups is 1. The van der Waals surface area contributed by atoms with Crippen LogP contribution in [0.15, 0.2) is 16.7 Å². The first-order valence-corrected chi connectivity index (χ1v) is 7.15. The van der Waals surface area contributed by atoms with Gasteiger partial charge in [-0.1, -0.05) is 12.8 Å². The zero-order valence-electron chi connectivity index (χ0n) is 11.2. The van der Waals surface area contributed by atoms with Crippen LogP contribution in [-0.2, 0) is 6.54 Å². The monoisotopic (exact) mass is 249 g/mol. The van der Waals surface area contributed by atoms with E-state index in [-0.39, 0.29) is 5.60 Å². The fraction of sp³-hybridized carbons (Fsp3) is 0.733. The van der Waals surface area contributed by atoms with E-state index in [1.807, 2.05) is 6.07 Å². The highest BCUT2D eigenvalue weighted by atomic mass is 16.3. The fourth-order valence-corrected chi connectivity index (χ4v) is 3.55. The number of hydrogen-bond donors (Lipinski definition) is 1. The number of aryl methyl sites for hydroxylation is 1. The van der Waals surface area contributed by atoms with E-state index in [9.17, 15) is 5.11 Å². The molecule has 1 saturated heterocycles. The zero-order valence-corrected chi connectivity index (χ0v) is 11.2. The molecule has 3 nitrogen and oxygen atoms in total. The van der Waals surface area contributed by atoms with Crippen LogP contribution in [0.2, 0.25) is 0 Å². The Morgan fingerprint density at radius 3 is 3.11 bits per heavy atom. The van der Waals surface area contributed by atoms with Crippen LogP contribution in [0, 0.1) is 12.8 Å². The predicted molar refractivity (Wildman–Crippen MR) is 70.2 cm³/mol. The molecule has 3 rings (SSSR count). The number of rotatable bonds is 2. The topological polar surface area (TPSA) is 36.6 Å². The highest BCUT2D eigenvalue weighted by Gasteiger charge is 2.42. The summed E-state index contributed by atoms with van der Waals surface area (Å²) < 4.78 is 5.52. The molecule has 100 valence electrons. The van der Waals surface area contributed by atoms with Crippen LogP contribution in [0.1, 0.15) is 43.4 Å². The summed E-state index contributed by atoms with van der Waals surface area (Å²) in [6.07, 6.45) is 7.36. The molecule has 3 heteroatoms. The number of nitrogens with zero attached hydrogens (tertiary/aromatic N) is 1. The Balaban J connectivity index is 1.65. The summed E-state index contributed by atoms with van der Waals surface area (Å²) in [4.78, 5) is 2.44. The van der Waals surface area contributed by atoms with Crippen LogP contribution in [0.25, 0.3) is 0 Å². The molecule has 1 aromatic heterocycles. The van der Waals surface area contributed by atoms with Gasteiger partial charge in [0.2, 0.25) is 0 Å². The molecule has 1 aromatic rings. The van der Waals surface area contributed by atoms with E-state index in [0.717, 1.165) is 38.2 Å². The molecule has 0 bridgehead atoms. The molecule has 2 atom stereocenters. The van der Waals surface area contributed by atoms with Crippen LogP contribution in [0.3, 0.4) is 0 Å². The van der Waals surface area contributed by atoms with Crippen molar-refractivity contribution in [3.63, 3.8) is 0 Å². The van der Waals surface area contributed by atoms with Crippen LogP contribution in [0.5, 0.6) is 0 Å². The van der Waals surface area contributed by atoms with Crippen molar-refractivity contribution in [2.24, 2.45) is 5.92 Å². The van der Waals surface area contributed by atoms with Crippen LogP contribution in [-0.4, -0.2) is 28.7 Å². The quantitative estimate of drug-likeness (QED) is 0.875. The summed E-state index contributed by atoms with van der Waals surface area (Å²) in [5.41, 5.74) is 0.868. The summed E-state index contributed by atoms with van der Waals surface area (Å²) in [6, 6.07) is 2.02. The van der Waals surface area contributed by atoms with Gasteiger partial charge in [0.25, 0.3) is 0 Å². The average molecular weight is 249 g/mol. The van der Waals surface area contributed by atoms with Crippen molar-refractivity contribution < 1.29 is 9.52 Å². The van der Waals surface area contributed by atoms with Gasteiger partial charge in [0.15, 0.2) is 0 Å². The fourth-order valence-electron chi connectivity index (χ4n) is 3.55. The molecule has 0 amide bonds. The lowest BCUT2D eigenvalue weighted by atomic mass is 9.71. The highest BCUT2D eigenvalue weighted by Crippen LogP contribution is 2.40. The van der Waals surface area contributed by atoms with E-state index >= 15 is 0 Å². The first kappa shape index (κ1) is 12.2. The molecule has 1 saturated carbocycles. The maximum Gasteiger partial charge on any atom is 0.120 e. The molecular weight excluding hydrogens is 226 g/mol. The standard InChI is InChI=1S/C15H23NO2/c1-12-5-9-18-14(12)11-16-8-7-15(17)6-3-2-4-13(15)10-16/h5,9,13,17H,2-4,6-8,10-11H2,1H3. The third-order valence-electron chi connectivity index (χ3n) is 4.85. The van der Waals surface area contributed by atoms with Gasteiger partial charge in [-0.3, -0.25) is 4.90 Å². The molecule has 1 N–H and O–H groups in total. The maximum atomic E-state index is 10.6. The van der Waals surface area contributed by atoms with Crippen molar-refractivity contribution in [2.75, 3.05) is 13.1 Å². The number of hydrogen-bond acceptors (Lipinski definition) is 3. The predicted octanol–water partition coefficient (Wildman–Crippen LogP) is 2.72. The SMILES string of the molecule is Cc1ccoc1CN1CCC2(O)CCCCC2C1. The molecular formula is C15H23NO2. The molecule has 1 aliphatic carbocycles. The smallest absolute Gasteiger partial charge is 0.120 e. The van der Waals surface area contributed by atoms with Gasteiger partial charge >= 0.3 is 0 Å². The van der Waals surface area contributed by atoms with Gasteiger partial charge < -0.3 is 9.52 Å². The molecule has 0 radical (unpaired) electrons. The molecule has 0 aromatic carbocycles. The van der Waals surface area contributed by atoms with Crippen molar-refractivity contribution in [1.82, 2.24) is 4.90 Å². The molecule has 0 spiro atoms. The minimum Gasteiger partial charge on any atom is -0.468 e. The normalized spacial score (nSPS) is 33.3. The Hall–Kier alpha value is -0.800. The summed E-state index contributed by atoms with van der Waals surface area (Å²) in [5.74, 6) is 1.55. The van der Waals surface area contributed by atoms with Crippen LogP contribution in [0.4, 0.5) is 0 Å². The number of piperidine rings is 1. The second-order valence-electron chi connectivity index (χ2n) is 6.06. The van der Waals surface area contributed by atoms with Gasteiger partial charge in [0, 0.05) is 19.0 Å². The second-order valence-corrected chi connectivity index (χ2v) is 6.06. The molecule has 1 aliphatic heterocycles. The van der Waals surface area contributed by atoms with Crippen LogP contribution >= 0.6 is 0 Å². The third-order valence-corrected chi connectivity index (χ3v) is 4.85. The van der Waals surface area contributed by atoms with Crippen molar-refractivity contribution in [2.45, 2.75) is 51.2 Å². The Bertz CT molecular complexity index is 414. The van der Waals surface area contributed by atoms with E-state index in [0.29, 0.717) is 5.92 Å². The highest BCUT2D eigenvalue weighted by molar-refractivity contribution is 5.14. The van der Waals surface area contributed by atoms with Crippen molar-refractivity contribution in [3.8, 4) is 0 Å². The lowest BCUT2D eigenvalue weighted by molar-refractivity contribution is -0.0975. The number of likely N-dealkylation sites (tertiary alicyclic amines) is 1. The largest absolute Gasteiger partial charge is 0.468 e. The summed E-state index contributed by atoms with van der Waals surface area (Å²) >= 11 is 0. The maximum absolute atomic E-state index is 10.6. The van der Waals surface area contributed by atoms with Gasteiger partial charge in [-0.25, -0.2) is 0 Å². The summed E-state index contributed by atoms with van der Waals surface area (Å²) in [6.45, 7) is 5.01. The van der Waals surface area contributed by atoms with Crippen LogP contribution < -0.4 is 0 Å². The Morgan fingerprint density at radius 2 is 2.33 bits per heavy atom. The number of furan rings is 1. The Kier molecular flexibility index (Phi) is 3.20. The minimum atomic E-state index is -0.368. The first-order valence-electron chi connectivity index (χ1n) is 7.15. The van der Waals surface area contributed by atoms with Gasteiger partial charge in [-0.2, -0.15) is 0 Å². The van der Waals surface area contributed by atoms with E-state index in [2.05, 4.69) is 11.8 Å². The number of fused-ring (bicyclic) bond motifs is 1. The summed E-state index contributed by atoms with van der Waals surface area (Å²) in [5, 5.41) is 10.6. The van der Waals surface area contributed by atoms with E-state index in [1.165, 1.54) is 24.8 Å². The summed E-state index contributed by atoms with van der Waals surface area (Å²) in [7, 11) is 0. The van der Waals surface area contributed by atoms with E-state index in [1.54, 1.807) is 6.26 Å². The lowest BCUT2D eigenvalue weighted by Gasteiger charge is -2.47. The van der Waals surface area contributed by atoms with Gasteiger partial charge in [0.1, 0.15) is 5.76 Å². The molecule has 18 heavy (non-hydrogen) atoms. The van der Waals surface area contributed by atoms with Crippen molar-refractivity contribution >= 4 is 0 Å². The van der Waals surface area contributed by atoms with Crippen molar-refractivity contribution in [3.05, 3.63) is 23.7 Å². The molecule has 2 heterocycles. The second kappa shape index (κ2) is 4.71. The van der Waals surface area contributed by atoms with Gasteiger partial charge in [0.05, 0.1) is 18.4 Å². The van der Waals surface area contributed by atoms with Gasteiger partial charge in [-0.15, -0.1) is 0 Å². The van der Waals surface area contributed by atoms with Crippen molar-refractivity contribution in [1.29, 1.82) is 0 Å². The van der Waals surface area contributed by atoms with E-state index < -0.39 is 0 Å². The van der Waals surface area contributed by atoms with Gasteiger partial charge in [-0.05, 0) is 37.8 Å². The first-order chi connectivity index (χ1) is 8.67. The molecule has 2 fully saturated rings. The minimum absolute atomic E-state index is 0.368. The molecule has 2 aliphatic rings. The molecule has 2 unspecified atom stereocenters. The zero-order chi connectivity index (χ0) is 12.6. The Morgan fingerprint density at radius 1 is 1.44 bits per heavy atom. The Labute approximate surface area is 109 Å².